The molecule has 0 aliphatic heterocycles. The second kappa shape index (κ2) is 12.3. The second-order valence-electron chi connectivity index (χ2n) is 6.19. The molecule has 0 aliphatic rings. The van der Waals surface area contributed by atoms with Crippen molar-refractivity contribution in [2.75, 3.05) is 0 Å². The number of carboxylic acid groups (broad SMARTS) is 2. The first-order valence-electron chi connectivity index (χ1n) is 8.46. The molecule has 0 aromatic heterocycles. The average molecular weight is 334 g/mol. The van der Waals surface area contributed by atoms with Crippen molar-refractivity contribution >= 4 is 11.9 Å². The lowest BCUT2D eigenvalue weighted by atomic mass is 9.89. The monoisotopic (exact) mass is 334 g/mol. The summed E-state index contributed by atoms with van der Waals surface area (Å²) in [4.78, 5) is 20.7. The van der Waals surface area contributed by atoms with E-state index in [-0.39, 0.29) is 12.8 Å². The van der Waals surface area contributed by atoms with Crippen LogP contribution in [0.25, 0.3) is 0 Å². The van der Waals surface area contributed by atoms with Crippen LogP contribution in [-0.4, -0.2) is 43.6 Å². The Morgan fingerprint density at radius 2 is 1.00 bits per heavy atom. The quantitative estimate of drug-likeness (QED) is 0.461. The van der Waals surface area contributed by atoms with Crippen molar-refractivity contribution in [3.63, 3.8) is 0 Å². The van der Waals surface area contributed by atoms with Gasteiger partial charge < -0.3 is 20.4 Å². The second-order valence-corrected chi connectivity index (χ2v) is 6.19. The molecule has 1 atom stereocenters. The Morgan fingerprint density at radius 3 is 1.26 bits per heavy atom. The fraction of sp³-hybridized carbons (Fsp3) is 0.882. The number of carbonyl (C=O) groups is 2. The van der Waals surface area contributed by atoms with Gasteiger partial charge in [-0.3, -0.25) is 9.59 Å². The molecule has 0 amide bonds. The van der Waals surface area contributed by atoms with Gasteiger partial charge in [0.1, 0.15) is 0 Å². The molecule has 6 nitrogen and oxygen atoms in total. The Bertz CT molecular complexity index is 336. The lowest BCUT2D eigenvalue weighted by Crippen LogP contribution is -2.31. The van der Waals surface area contributed by atoms with Crippen LogP contribution in [0.2, 0.25) is 0 Å². The van der Waals surface area contributed by atoms with Crippen LogP contribution in [0.4, 0.5) is 0 Å². The van der Waals surface area contributed by atoms with Crippen LogP contribution in [0.15, 0.2) is 0 Å². The van der Waals surface area contributed by atoms with Gasteiger partial charge in [0.15, 0.2) is 0 Å². The fourth-order valence-corrected chi connectivity index (χ4v) is 2.65. The number of hydrogen-bond acceptors (Lipinski definition) is 4. The summed E-state index contributed by atoms with van der Waals surface area (Å²) in [7, 11) is 0. The molecule has 0 aliphatic carbocycles. The zero-order valence-electron chi connectivity index (χ0n) is 15.0. The lowest BCUT2D eigenvalue weighted by molar-refractivity contribution is -0.144. The van der Waals surface area contributed by atoms with Gasteiger partial charge in [0, 0.05) is 0 Å². The molecule has 4 N–H and O–H groups in total. The summed E-state index contributed by atoms with van der Waals surface area (Å²) in [5, 5.41) is 36.4. The Balaban J connectivity index is 0. The van der Waals surface area contributed by atoms with Crippen molar-refractivity contribution in [2.45, 2.75) is 96.7 Å². The molecule has 0 bridgehead atoms. The number of aliphatic carboxylic acids is 2. The van der Waals surface area contributed by atoms with Crippen molar-refractivity contribution in [3.05, 3.63) is 0 Å². The van der Waals surface area contributed by atoms with Crippen LogP contribution in [0.5, 0.6) is 0 Å². The third-order valence-electron chi connectivity index (χ3n) is 3.76. The van der Waals surface area contributed by atoms with Crippen LogP contribution < -0.4 is 0 Å². The molecule has 0 spiro atoms. The van der Waals surface area contributed by atoms with Gasteiger partial charge in [-0.15, -0.1) is 0 Å². The van der Waals surface area contributed by atoms with Gasteiger partial charge in [0.05, 0.1) is 24.0 Å². The molecule has 6 heteroatoms. The fourth-order valence-electron chi connectivity index (χ4n) is 2.65. The normalized spacial score (nSPS) is 13.7. The minimum atomic E-state index is -0.986. The largest absolute Gasteiger partial charge is 0.481 e. The molecule has 0 aromatic carbocycles. The van der Waals surface area contributed by atoms with Crippen molar-refractivity contribution < 1.29 is 30.0 Å². The van der Waals surface area contributed by atoms with E-state index in [0.717, 1.165) is 19.3 Å². The van der Waals surface area contributed by atoms with Crippen LogP contribution in [0, 0.1) is 0 Å². The number of rotatable bonds is 11. The Labute approximate surface area is 139 Å². The van der Waals surface area contributed by atoms with Crippen molar-refractivity contribution in [1.29, 1.82) is 0 Å². The van der Waals surface area contributed by atoms with E-state index in [1.165, 1.54) is 0 Å². The molecule has 0 saturated heterocycles. The smallest absolute Gasteiger partial charge is 0.306 e. The van der Waals surface area contributed by atoms with Gasteiger partial charge in [-0.2, -0.15) is 0 Å². The zero-order chi connectivity index (χ0) is 18.5. The van der Waals surface area contributed by atoms with E-state index < -0.39 is 23.1 Å². The molecule has 138 valence electrons. The van der Waals surface area contributed by atoms with Crippen molar-refractivity contribution in [1.82, 2.24) is 0 Å². The third kappa shape index (κ3) is 13.0. The standard InChI is InChI=1S/C9H18O3.C8H16O3/c1-3-5-9(12,6-4-2)7-8(10)11;1-3-5-8(11,4-2)6-7(9)10/h12H,3-7H2,1-2H3,(H,10,11);11H,3-6H2,1-2H3,(H,9,10). The summed E-state index contributed by atoms with van der Waals surface area (Å²) in [6.07, 6.45) is 4.42. The highest BCUT2D eigenvalue weighted by atomic mass is 16.4. The average Bonchev–Trinajstić information content (AvgIpc) is 2.38. The Kier molecular flexibility index (Phi) is 12.9. The van der Waals surface area contributed by atoms with Crippen LogP contribution >= 0.6 is 0 Å². The first-order chi connectivity index (χ1) is 10.6. The van der Waals surface area contributed by atoms with Crippen LogP contribution in [0.3, 0.4) is 0 Å². The van der Waals surface area contributed by atoms with Gasteiger partial charge in [-0.05, 0) is 25.7 Å². The van der Waals surface area contributed by atoms with E-state index in [0.29, 0.717) is 25.7 Å². The molecular weight excluding hydrogens is 300 g/mol. The van der Waals surface area contributed by atoms with E-state index in [1.807, 2.05) is 20.8 Å². The SMILES string of the molecule is CCCC(O)(CC)CC(=O)O.CCCC(O)(CCC)CC(=O)O. The molecule has 23 heavy (non-hydrogen) atoms. The molecule has 0 aromatic rings. The summed E-state index contributed by atoms with van der Waals surface area (Å²) < 4.78 is 0. The van der Waals surface area contributed by atoms with E-state index in [4.69, 9.17) is 10.2 Å². The highest BCUT2D eigenvalue weighted by Gasteiger charge is 2.28. The molecule has 0 fully saturated rings. The maximum Gasteiger partial charge on any atom is 0.306 e. The molecule has 0 rings (SSSR count). The molecule has 0 heterocycles. The van der Waals surface area contributed by atoms with Gasteiger partial charge in [0.25, 0.3) is 0 Å². The summed E-state index contributed by atoms with van der Waals surface area (Å²) in [5.74, 6) is -1.85. The molecule has 1 unspecified atom stereocenters. The minimum absolute atomic E-state index is 0.130. The van der Waals surface area contributed by atoms with Crippen LogP contribution in [-0.2, 0) is 9.59 Å². The van der Waals surface area contributed by atoms with Gasteiger partial charge in [-0.25, -0.2) is 0 Å². The van der Waals surface area contributed by atoms with Crippen LogP contribution in [0.1, 0.15) is 85.5 Å². The number of carboxylic acids is 2. The van der Waals surface area contributed by atoms with Gasteiger partial charge >= 0.3 is 11.9 Å². The zero-order valence-corrected chi connectivity index (χ0v) is 15.0. The minimum Gasteiger partial charge on any atom is -0.481 e. The maximum atomic E-state index is 10.4. The first kappa shape index (κ1) is 24.1. The summed E-state index contributed by atoms with van der Waals surface area (Å²) in [6, 6.07) is 0. The van der Waals surface area contributed by atoms with Gasteiger partial charge in [-0.1, -0.05) is 47.0 Å². The Hall–Kier alpha value is -1.14. The van der Waals surface area contributed by atoms with E-state index in [9.17, 15) is 19.8 Å². The summed E-state index contributed by atoms with van der Waals surface area (Å²) in [5.41, 5.74) is -1.96. The Morgan fingerprint density at radius 1 is 0.696 bits per heavy atom. The number of hydrogen-bond donors (Lipinski definition) is 4. The summed E-state index contributed by atoms with van der Waals surface area (Å²) >= 11 is 0. The first-order valence-corrected chi connectivity index (χ1v) is 8.46. The van der Waals surface area contributed by atoms with E-state index in [2.05, 4.69) is 0 Å². The maximum absolute atomic E-state index is 10.4. The van der Waals surface area contributed by atoms with E-state index in [1.54, 1.807) is 6.92 Å². The lowest BCUT2D eigenvalue weighted by Gasteiger charge is -2.25. The predicted octanol–water partition coefficient (Wildman–Crippen LogP) is 3.19. The van der Waals surface area contributed by atoms with Gasteiger partial charge in [0.2, 0.25) is 0 Å². The van der Waals surface area contributed by atoms with Crippen molar-refractivity contribution in [2.24, 2.45) is 0 Å². The number of aliphatic hydroxyl groups is 2. The molecule has 0 radical (unpaired) electrons. The van der Waals surface area contributed by atoms with Crippen molar-refractivity contribution in [3.8, 4) is 0 Å². The predicted molar refractivity (Wildman–Crippen MR) is 89.4 cm³/mol. The molecular formula is C17H34O6. The topological polar surface area (TPSA) is 115 Å². The highest BCUT2D eigenvalue weighted by Crippen LogP contribution is 2.23. The molecule has 0 saturated carbocycles. The highest BCUT2D eigenvalue weighted by molar-refractivity contribution is 5.68. The third-order valence-corrected chi connectivity index (χ3v) is 3.76. The summed E-state index contributed by atoms with van der Waals surface area (Å²) in [6.45, 7) is 7.63. The van der Waals surface area contributed by atoms with E-state index >= 15 is 0 Å².